The van der Waals surface area contributed by atoms with Crippen LogP contribution in [0.2, 0.25) is 5.02 Å². The highest BCUT2D eigenvalue weighted by molar-refractivity contribution is 8.00. The van der Waals surface area contributed by atoms with Gasteiger partial charge in [0.25, 0.3) is 11.8 Å². The number of nitrogens with one attached hydrogen (secondary N) is 5. The van der Waals surface area contributed by atoms with Crippen LogP contribution in [0.4, 0.5) is 14.9 Å². The molecular weight excluding hydrogens is 699 g/mol. The SMILES string of the molecule is O=C(CCCCC1SC[C@@H]2NC(=O)N[C@H]12)NCCCCCC(=O)c1cc2cc(N3CC[C@](O)(C(=O)NCc4cc(F)cc(Cl)c4)C3=O)ccc2[nH]1. The molecule has 5 amide bonds. The summed E-state index contributed by atoms with van der Waals surface area (Å²) in [5, 5.41) is 23.7. The van der Waals surface area contributed by atoms with Crippen molar-refractivity contribution in [2.75, 3.05) is 23.7 Å². The maximum atomic E-state index is 13.7. The molecule has 3 aromatic rings. The first-order valence-corrected chi connectivity index (χ1v) is 18.8. The Bertz CT molecular complexity index is 1800. The van der Waals surface area contributed by atoms with Gasteiger partial charge in [0.15, 0.2) is 5.78 Å². The van der Waals surface area contributed by atoms with Gasteiger partial charge in [-0.1, -0.05) is 24.4 Å². The van der Waals surface area contributed by atoms with Gasteiger partial charge < -0.3 is 36.3 Å². The molecule has 4 atom stereocenters. The predicted molar refractivity (Wildman–Crippen MR) is 193 cm³/mol. The molecule has 0 aliphatic carbocycles. The number of rotatable bonds is 16. The standard InChI is InChI=1S/C36H42ClFN6O6S/c37-23-14-21(15-24(38)18-23)19-40-33(47)36(50)11-13-44(34(36)48)25-9-10-26-22(16-25)17-27(41-26)29(45)6-2-1-5-12-39-31(46)8-4-3-7-30-32-28(20-51-30)42-35(49)43-32/h9-10,14-18,28,30,32,41,50H,1-8,11-13,19-20H2,(H,39,46)(H,40,47)(H2,42,43,49)/t28-,30?,32-,36-/m0/s1. The Morgan fingerprint density at radius 1 is 1.00 bits per heavy atom. The first-order chi connectivity index (χ1) is 24.5. The number of benzene rings is 2. The lowest BCUT2D eigenvalue weighted by molar-refractivity contribution is -0.149. The van der Waals surface area contributed by atoms with Crippen molar-refractivity contribution in [1.29, 1.82) is 0 Å². The number of hydrogen-bond acceptors (Lipinski definition) is 7. The minimum Gasteiger partial charge on any atom is -0.372 e. The number of thioether (sulfide) groups is 1. The van der Waals surface area contributed by atoms with E-state index in [-0.39, 0.29) is 54.3 Å². The maximum absolute atomic E-state index is 13.7. The van der Waals surface area contributed by atoms with Crippen LogP contribution in [0.5, 0.6) is 0 Å². The van der Waals surface area contributed by atoms with Crippen molar-refractivity contribution in [1.82, 2.24) is 26.3 Å². The molecule has 0 saturated carbocycles. The summed E-state index contributed by atoms with van der Waals surface area (Å²) in [5.74, 6) is -1.28. The number of carbonyl (C=O) groups is 5. The van der Waals surface area contributed by atoms with E-state index >= 15 is 0 Å². The molecule has 6 N–H and O–H groups in total. The van der Waals surface area contributed by atoms with E-state index in [0.717, 1.165) is 43.9 Å². The number of hydrogen-bond donors (Lipinski definition) is 6. The van der Waals surface area contributed by atoms with Gasteiger partial charge in [-0.2, -0.15) is 11.8 Å². The van der Waals surface area contributed by atoms with Crippen molar-refractivity contribution in [2.45, 2.75) is 87.3 Å². The molecule has 1 aromatic heterocycles. The fourth-order valence-electron chi connectivity index (χ4n) is 6.95. The molecule has 3 saturated heterocycles. The summed E-state index contributed by atoms with van der Waals surface area (Å²) in [4.78, 5) is 67.3. The zero-order chi connectivity index (χ0) is 36.1. The number of Topliss-reactive ketones (excluding diaryl/α,β-unsaturated/α-hetero) is 1. The largest absolute Gasteiger partial charge is 0.372 e. The molecule has 4 heterocycles. The van der Waals surface area contributed by atoms with E-state index in [1.54, 1.807) is 24.3 Å². The normalized spacial score (nSPS) is 22.6. The van der Waals surface area contributed by atoms with E-state index < -0.39 is 23.2 Å². The summed E-state index contributed by atoms with van der Waals surface area (Å²) in [6, 6.07) is 11.1. The van der Waals surface area contributed by atoms with E-state index in [9.17, 15) is 33.5 Å². The van der Waals surface area contributed by atoms with Crippen LogP contribution in [-0.2, 0) is 20.9 Å². The lowest BCUT2D eigenvalue weighted by Gasteiger charge is -2.22. The minimum atomic E-state index is -2.28. The number of aromatic amines is 1. The van der Waals surface area contributed by atoms with Crippen LogP contribution in [-0.4, -0.2) is 81.4 Å². The Balaban J connectivity index is 0.892. The zero-order valence-corrected chi connectivity index (χ0v) is 29.6. The van der Waals surface area contributed by atoms with Gasteiger partial charge in [-0.15, -0.1) is 0 Å². The second kappa shape index (κ2) is 16.0. The third-order valence-electron chi connectivity index (χ3n) is 9.75. The predicted octanol–water partition coefficient (Wildman–Crippen LogP) is 4.33. The van der Waals surface area contributed by atoms with Crippen LogP contribution >= 0.6 is 23.4 Å². The molecule has 6 rings (SSSR count). The van der Waals surface area contributed by atoms with Crippen molar-refractivity contribution >= 4 is 69.5 Å². The van der Waals surface area contributed by atoms with Crippen LogP contribution < -0.4 is 26.2 Å². The zero-order valence-electron chi connectivity index (χ0n) is 28.1. The van der Waals surface area contributed by atoms with Gasteiger partial charge in [0.1, 0.15) is 5.82 Å². The molecule has 1 unspecified atom stereocenters. The number of unbranched alkanes of at least 4 members (excludes halogenated alkanes) is 3. The first-order valence-electron chi connectivity index (χ1n) is 17.4. The van der Waals surface area contributed by atoms with Crippen molar-refractivity contribution in [3.05, 3.63) is 64.6 Å². The lowest BCUT2D eigenvalue weighted by atomic mass is 10.0. The van der Waals surface area contributed by atoms with Gasteiger partial charge in [0, 0.05) is 71.5 Å². The first kappa shape index (κ1) is 36.6. The molecule has 0 radical (unpaired) electrons. The number of carbonyl (C=O) groups excluding carboxylic acids is 5. The van der Waals surface area contributed by atoms with Crippen LogP contribution in [0.25, 0.3) is 10.9 Å². The Kier molecular flexibility index (Phi) is 11.5. The fraction of sp³-hybridized carbons (Fsp3) is 0.472. The number of H-pyrrole nitrogens is 1. The quantitative estimate of drug-likeness (QED) is 0.0549. The van der Waals surface area contributed by atoms with E-state index in [0.29, 0.717) is 58.9 Å². The van der Waals surface area contributed by atoms with Gasteiger partial charge >= 0.3 is 6.03 Å². The van der Waals surface area contributed by atoms with Gasteiger partial charge in [-0.05, 0) is 73.7 Å². The smallest absolute Gasteiger partial charge is 0.315 e. The van der Waals surface area contributed by atoms with Crippen LogP contribution in [0, 0.1) is 5.82 Å². The highest BCUT2D eigenvalue weighted by Gasteiger charge is 2.51. The summed E-state index contributed by atoms with van der Waals surface area (Å²) in [6.45, 7) is 0.561. The van der Waals surface area contributed by atoms with Crippen molar-refractivity contribution < 1.29 is 33.5 Å². The molecule has 3 aliphatic heterocycles. The van der Waals surface area contributed by atoms with E-state index in [1.165, 1.54) is 17.0 Å². The Hall–Kier alpha value is -4.14. The summed E-state index contributed by atoms with van der Waals surface area (Å²) in [7, 11) is 0. The average Bonchev–Trinajstić information content (AvgIpc) is 3.86. The number of halogens is 2. The molecule has 272 valence electrons. The number of ketones is 1. The number of amides is 5. The third-order valence-corrected chi connectivity index (χ3v) is 11.5. The summed E-state index contributed by atoms with van der Waals surface area (Å²) in [6.07, 6.45) is 5.68. The Morgan fingerprint density at radius 2 is 1.82 bits per heavy atom. The highest BCUT2D eigenvalue weighted by atomic mass is 35.5. The molecule has 3 fully saturated rings. The second-order valence-electron chi connectivity index (χ2n) is 13.4. The maximum Gasteiger partial charge on any atom is 0.315 e. The van der Waals surface area contributed by atoms with Crippen molar-refractivity contribution in [3.63, 3.8) is 0 Å². The van der Waals surface area contributed by atoms with E-state index in [1.807, 2.05) is 11.8 Å². The Labute approximate surface area is 304 Å². The second-order valence-corrected chi connectivity index (χ2v) is 15.1. The number of nitrogens with zero attached hydrogens (tertiary/aromatic N) is 1. The summed E-state index contributed by atoms with van der Waals surface area (Å²) in [5.41, 5.74) is -0.235. The number of urea groups is 1. The molecule has 51 heavy (non-hydrogen) atoms. The molecule has 15 heteroatoms. The van der Waals surface area contributed by atoms with Crippen molar-refractivity contribution in [3.8, 4) is 0 Å². The molecule has 2 aromatic carbocycles. The average molecular weight is 741 g/mol. The number of anilines is 1. The molecule has 0 bridgehead atoms. The fourth-order valence-corrected chi connectivity index (χ4v) is 8.74. The number of aliphatic hydroxyl groups is 1. The molecular formula is C36H42ClFN6O6S. The molecule has 3 aliphatic rings. The summed E-state index contributed by atoms with van der Waals surface area (Å²) < 4.78 is 13.7. The monoisotopic (exact) mass is 740 g/mol. The number of aromatic nitrogens is 1. The highest BCUT2D eigenvalue weighted by Crippen LogP contribution is 2.34. The molecule has 0 spiro atoms. The molecule has 12 nitrogen and oxygen atoms in total. The van der Waals surface area contributed by atoms with Gasteiger partial charge in [-0.25, -0.2) is 9.18 Å². The summed E-state index contributed by atoms with van der Waals surface area (Å²) >= 11 is 7.75. The van der Waals surface area contributed by atoms with Crippen LogP contribution in [0.3, 0.4) is 0 Å². The van der Waals surface area contributed by atoms with Gasteiger partial charge in [0.2, 0.25) is 11.5 Å². The van der Waals surface area contributed by atoms with Crippen molar-refractivity contribution in [2.24, 2.45) is 0 Å². The minimum absolute atomic E-state index is 0.0338. The van der Waals surface area contributed by atoms with E-state index in [4.69, 9.17) is 11.6 Å². The Morgan fingerprint density at radius 3 is 2.65 bits per heavy atom. The topological polar surface area (TPSA) is 173 Å². The number of fused-ring (bicyclic) bond motifs is 2. The van der Waals surface area contributed by atoms with Gasteiger partial charge in [-0.3, -0.25) is 19.2 Å². The lowest BCUT2D eigenvalue weighted by Crippen LogP contribution is -2.52. The third kappa shape index (κ3) is 8.67. The van der Waals surface area contributed by atoms with Gasteiger partial charge in [0.05, 0.1) is 17.8 Å². The van der Waals surface area contributed by atoms with Crippen LogP contribution in [0.15, 0.2) is 42.5 Å². The van der Waals surface area contributed by atoms with Crippen LogP contribution in [0.1, 0.15) is 73.8 Å². The van der Waals surface area contributed by atoms with E-state index in [2.05, 4.69) is 26.3 Å².